The molecule has 3 N–H and O–H groups in total. The first-order chi connectivity index (χ1) is 11.6. The summed E-state index contributed by atoms with van der Waals surface area (Å²) in [7, 11) is 0. The third-order valence-corrected chi connectivity index (χ3v) is 4.85. The average Bonchev–Trinajstić information content (AvgIpc) is 2.52. The van der Waals surface area contributed by atoms with Crippen LogP contribution >= 0.6 is 0 Å². The number of rotatable bonds is 7. The van der Waals surface area contributed by atoms with Gasteiger partial charge in [-0.1, -0.05) is 6.08 Å². The van der Waals surface area contributed by atoms with Crippen molar-refractivity contribution in [1.82, 2.24) is 15.5 Å². The number of nitrogens with one attached hydrogen (secondary N) is 2. The summed E-state index contributed by atoms with van der Waals surface area (Å²) in [6, 6.07) is 0.0984. The second-order valence-corrected chi connectivity index (χ2v) is 6.90. The van der Waals surface area contributed by atoms with Gasteiger partial charge in [-0.3, -0.25) is 19.5 Å². The molecule has 0 bridgehead atoms. The highest BCUT2D eigenvalue weighted by molar-refractivity contribution is 5.87. The van der Waals surface area contributed by atoms with Crippen LogP contribution in [-0.2, 0) is 9.59 Å². The van der Waals surface area contributed by atoms with E-state index < -0.39 is 5.97 Å². The van der Waals surface area contributed by atoms with Gasteiger partial charge in [0.05, 0.1) is 12.6 Å². The first kappa shape index (κ1) is 17.0. The van der Waals surface area contributed by atoms with Crippen molar-refractivity contribution in [2.45, 2.75) is 44.6 Å². The Morgan fingerprint density at radius 3 is 3.04 bits per heavy atom. The highest BCUT2D eigenvalue weighted by Gasteiger charge is 2.29. The minimum atomic E-state index is -0.821. The zero-order valence-electron chi connectivity index (χ0n) is 14.0. The summed E-state index contributed by atoms with van der Waals surface area (Å²) in [5.41, 5.74) is 1.19. The minimum Gasteiger partial charge on any atom is -0.480 e. The van der Waals surface area contributed by atoms with E-state index in [4.69, 9.17) is 5.11 Å². The fourth-order valence-corrected chi connectivity index (χ4v) is 3.56. The molecule has 3 heterocycles. The monoisotopic (exact) mass is 334 g/mol. The van der Waals surface area contributed by atoms with Gasteiger partial charge in [-0.25, -0.2) is 0 Å². The zero-order valence-corrected chi connectivity index (χ0v) is 14.0. The highest BCUT2D eigenvalue weighted by atomic mass is 16.4. The van der Waals surface area contributed by atoms with E-state index in [0.29, 0.717) is 25.4 Å². The number of nitrogens with zero attached hydrogens (tertiary/aromatic N) is 2. The summed E-state index contributed by atoms with van der Waals surface area (Å²) in [5, 5.41) is 15.1. The van der Waals surface area contributed by atoms with Gasteiger partial charge in [0.15, 0.2) is 0 Å². The topological polar surface area (TPSA) is 94.0 Å². The van der Waals surface area contributed by atoms with Crippen LogP contribution in [0.25, 0.3) is 0 Å². The Morgan fingerprint density at radius 2 is 2.25 bits per heavy atom. The Balaban J connectivity index is 1.30. The maximum atomic E-state index is 11.9. The fourth-order valence-electron chi connectivity index (χ4n) is 3.56. The van der Waals surface area contributed by atoms with Gasteiger partial charge in [0, 0.05) is 37.7 Å². The van der Waals surface area contributed by atoms with Gasteiger partial charge >= 0.3 is 5.97 Å². The number of likely N-dealkylation sites (tertiary alicyclic amines) is 1. The number of amides is 1. The second kappa shape index (κ2) is 7.79. The average molecular weight is 334 g/mol. The van der Waals surface area contributed by atoms with Crippen LogP contribution in [-0.4, -0.2) is 59.9 Å². The van der Waals surface area contributed by atoms with E-state index in [0.717, 1.165) is 31.6 Å². The number of fused-ring (bicyclic) bond motifs is 1. The van der Waals surface area contributed by atoms with Crippen LogP contribution in [0.2, 0.25) is 0 Å². The van der Waals surface area contributed by atoms with Crippen LogP contribution in [0.15, 0.2) is 16.8 Å². The molecule has 24 heavy (non-hydrogen) atoms. The standard InChI is InChI=1S/C17H26N4O3/c22-15(19-14-9-21(10-14)11-16(23)24)5-1-4-13-7-6-12-3-2-8-18-17(12)20-13/h7,12,14H,1-6,8-11H2,(H,18,20)(H,19,22)(H,23,24). The van der Waals surface area contributed by atoms with E-state index in [1.165, 1.54) is 18.5 Å². The molecule has 1 fully saturated rings. The first-order valence-electron chi connectivity index (χ1n) is 8.84. The Labute approximate surface area is 142 Å². The van der Waals surface area contributed by atoms with E-state index in [1.54, 1.807) is 0 Å². The van der Waals surface area contributed by atoms with Crippen molar-refractivity contribution >= 4 is 17.7 Å². The molecule has 1 saturated heterocycles. The lowest BCUT2D eigenvalue weighted by Gasteiger charge is -2.38. The molecule has 1 atom stereocenters. The molecular weight excluding hydrogens is 308 g/mol. The summed E-state index contributed by atoms with van der Waals surface area (Å²) in [6.07, 6.45) is 7.91. The highest BCUT2D eigenvalue weighted by Crippen LogP contribution is 2.24. The molecule has 1 amide bonds. The fraction of sp³-hybridized carbons (Fsp3) is 0.706. The van der Waals surface area contributed by atoms with Crippen molar-refractivity contribution in [2.24, 2.45) is 10.9 Å². The molecule has 0 spiro atoms. The lowest BCUT2D eigenvalue weighted by atomic mass is 9.91. The second-order valence-electron chi connectivity index (χ2n) is 6.90. The van der Waals surface area contributed by atoms with Gasteiger partial charge in [-0.2, -0.15) is 0 Å². The molecule has 0 radical (unpaired) electrons. The summed E-state index contributed by atoms with van der Waals surface area (Å²) < 4.78 is 0. The maximum Gasteiger partial charge on any atom is 0.317 e. The van der Waals surface area contributed by atoms with Crippen molar-refractivity contribution < 1.29 is 14.7 Å². The normalized spacial score (nSPS) is 24.1. The molecule has 1 unspecified atom stereocenters. The third-order valence-electron chi connectivity index (χ3n) is 4.85. The number of amidine groups is 1. The van der Waals surface area contributed by atoms with Crippen LogP contribution in [0.4, 0.5) is 0 Å². The summed E-state index contributed by atoms with van der Waals surface area (Å²) >= 11 is 0. The molecule has 132 valence electrons. The van der Waals surface area contributed by atoms with Crippen LogP contribution in [0.1, 0.15) is 38.5 Å². The van der Waals surface area contributed by atoms with Gasteiger partial charge < -0.3 is 15.7 Å². The van der Waals surface area contributed by atoms with Gasteiger partial charge in [0.1, 0.15) is 5.84 Å². The molecule has 7 heteroatoms. The number of aliphatic carboxylic acids is 1. The molecule has 3 rings (SSSR count). The molecule has 0 aromatic carbocycles. The van der Waals surface area contributed by atoms with Gasteiger partial charge in [-0.05, 0) is 32.1 Å². The molecule has 0 aliphatic carbocycles. The van der Waals surface area contributed by atoms with Crippen molar-refractivity contribution in [1.29, 1.82) is 0 Å². The first-order valence-corrected chi connectivity index (χ1v) is 8.84. The number of carbonyl (C=O) groups is 2. The summed E-state index contributed by atoms with van der Waals surface area (Å²) in [4.78, 5) is 28.9. The number of allylic oxidation sites excluding steroid dienone is 2. The van der Waals surface area contributed by atoms with E-state index in [2.05, 4.69) is 21.7 Å². The van der Waals surface area contributed by atoms with Gasteiger partial charge in [0.25, 0.3) is 0 Å². The number of carboxylic acid groups (broad SMARTS) is 1. The van der Waals surface area contributed by atoms with Crippen LogP contribution in [0, 0.1) is 5.92 Å². The van der Waals surface area contributed by atoms with E-state index in [9.17, 15) is 9.59 Å². The predicted molar refractivity (Wildman–Crippen MR) is 90.7 cm³/mol. The summed E-state index contributed by atoms with van der Waals surface area (Å²) in [5.74, 6) is 0.937. The molecule has 0 aromatic heterocycles. The number of hydrogen-bond donors (Lipinski definition) is 3. The van der Waals surface area contributed by atoms with Crippen LogP contribution < -0.4 is 10.6 Å². The molecule has 0 saturated carbocycles. The molecule has 3 aliphatic rings. The van der Waals surface area contributed by atoms with Crippen molar-refractivity contribution in [3.05, 3.63) is 11.8 Å². The van der Waals surface area contributed by atoms with E-state index >= 15 is 0 Å². The lowest BCUT2D eigenvalue weighted by molar-refractivity contribution is -0.139. The quantitative estimate of drug-likeness (QED) is 0.638. The minimum absolute atomic E-state index is 0.0527. The van der Waals surface area contributed by atoms with Crippen molar-refractivity contribution in [2.75, 3.05) is 26.2 Å². The Kier molecular flexibility index (Phi) is 5.50. The van der Waals surface area contributed by atoms with Crippen molar-refractivity contribution in [3.63, 3.8) is 0 Å². The number of carbonyl (C=O) groups excluding carboxylic acids is 1. The van der Waals surface area contributed by atoms with Crippen LogP contribution in [0.5, 0.6) is 0 Å². The molecule has 7 nitrogen and oxygen atoms in total. The summed E-state index contributed by atoms with van der Waals surface area (Å²) in [6.45, 7) is 2.24. The largest absolute Gasteiger partial charge is 0.480 e. The van der Waals surface area contributed by atoms with Crippen molar-refractivity contribution in [3.8, 4) is 0 Å². The predicted octanol–water partition coefficient (Wildman–Crippen LogP) is 0.727. The van der Waals surface area contributed by atoms with E-state index in [-0.39, 0.29) is 18.5 Å². The van der Waals surface area contributed by atoms with Gasteiger partial charge in [0.2, 0.25) is 5.91 Å². The Morgan fingerprint density at radius 1 is 1.42 bits per heavy atom. The Bertz CT molecular complexity index is 552. The third kappa shape index (κ3) is 4.56. The number of hydrogen-bond acceptors (Lipinski definition) is 5. The lowest BCUT2D eigenvalue weighted by Crippen LogP contribution is -2.60. The van der Waals surface area contributed by atoms with E-state index in [1.807, 2.05) is 4.90 Å². The molecular formula is C17H26N4O3. The SMILES string of the molecule is O=C(O)CN1CC(NC(=O)CCCC2=CCC3CCCN=C3N2)C1. The van der Waals surface area contributed by atoms with Gasteiger partial charge in [-0.15, -0.1) is 0 Å². The smallest absolute Gasteiger partial charge is 0.317 e. The van der Waals surface area contributed by atoms with Crippen LogP contribution in [0.3, 0.4) is 0 Å². The molecule has 3 aliphatic heterocycles. The number of carboxylic acids is 1. The zero-order chi connectivity index (χ0) is 16.9. The maximum absolute atomic E-state index is 11.9. The Hall–Kier alpha value is -1.89. The number of aliphatic imine (C=N–C) groups is 1. The molecule has 0 aromatic rings.